The van der Waals surface area contributed by atoms with Crippen LogP contribution in [0.2, 0.25) is 0 Å². The number of carbonyl (C=O) groups is 2. The van der Waals surface area contributed by atoms with Crippen LogP contribution in [-0.2, 0) is 20.7 Å². The molecule has 0 heterocycles. The van der Waals surface area contributed by atoms with Gasteiger partial charge in [-0.05, 0) is 33.3 Å². The van der Waals surface area contributed by atoms with Crippen LogP contribution in [-0.4, -0.2) is 50.5 Å². The predicted octanol–water partition coefficient (Wildman–Crippen LogP) is 2.89. The van der Waals surface area contributed by atoms with E-state index in [1.165, 1.54) is 6.20 Å². The van der Waals surface area contributed by atoms with Crippen LogP contribution in [0.5, 0.6) is 0 Å². The number of benzene rings is 1. The first-order chi connectivity index (χ1) is 13.3. The Bertz CT molecular complexity index is 633. The minimum absolute atomic E-state index is 0.309. The molecule has 0 fully saturated rings. The molecule has 28 heavy (non-hydrogen) atoms. The van der Waals surface area contributed by atoms with Crippen molar-refractivity contribution in [3.63, 3.8) is 0 Å². The summed E-state index contributed by atoms with van der Waals surface area (Å²) in [6, 6.07) is 9.67. The number of allylic oxidation sites excluding steroid dienone is 1. The highest BCUT2D eigenvalue weighted by atomic mass is 16.6. The van der Waals surface area contributed by atoms with Crippen molar-refractivity contribution in [1.82, 2.24) is 5.32 Å². The maximum atomic E-state index is 11.6. The Kier molecular flexibility index (Phi) is 13.0. The number of hydrogen-bond acceptors (Lipinski definition) is 6. The Hall–Kier alpha value is -2.67. The van der Waals surface area contributed by atoms with Crippen LogP contribution in [0.4, 0.5) is 4.79 Å². The summed E-state index contributed by atoms with van der Waals surface area (Å²) in [5.41, 5.74) is 6.91. The van der Waals surface area contributed by atoms with E-state index in [4.69, 9.17) is 10.5 Å². The van der Waals surface area contributed by atoms with Crippen LogP contribution in [0, 0.1) is 0 Å². The molecule has 1 rings (SSSR count). The first-order valence-electron chi connectivity index (χ1n) is 9.17. The van der Waals surface area contributed by atoms with Gasteiger partial charge < -0.3 is 20.5 Å². The highest BCUT2D eigenvalue weighted by Crippen LogP contribution is 2.07. The van der Waals surface area contributed by atoms with Crippen LogP contribution in [0.1, 0.15) is 33.3 Å². The summed E-state index contributed by atoms with van der Waals surface area (Å²) in [7, 11) is 1.68. The van der Waals surface area contributed by atoms with Crippen LogP contribution < -0.4 is 11.1 Å². The lowest BCUT2D eigenvalue weighted by Crippen LogP contribution is -2.33. The zero-order valence-corrected chi connectivity index (χ0v) is 17.5. The number of hydrogen-bond donors (Lipinski definition) is 2. The van der Waals surface area contributed by atoms with Crippen molar-refractivity contribution >= 4 is 18.1 Å². The first-order valence-corrected chi connectivity index (χ1v) is 9.17. The Labute approximate surface area is 168 Å². The molecule has 0 radical (unpaired) electrons. The van der Waals surface area contributed by atoms with Gasteiger partial charge >= 0.3 is 6.09 Å². The summed E-state index contributed by atoms with van der Waals surface area (Å²) in [5.74, 6) is 0. The SMILES string of the molecule is CC(C)(C)OC(=O)NCCN=C(Cc1ccccc1)/C(C=O)=C\N.CCOC. The van der Waals surface area contributed by atoms with Gasteiger partial charge in [-0.25, -0.2) is 4.79 Å². The van der Waals surface area contributed by atoms with Crippen molar-refractivity contribution in [2.45, 2.75) is 39.7 Å². The summed E-state index contributed by atoms with van der Waals surface area (Å²) >= 11 is 0. The first kappa shape index (κ1) is 25.3. The number of alkyl carbamates (subject to hydrolysis) is 1. The predicted molar refractivity (Wildman–Crippen MR) is 113 cm³/mol. The molecule has 1 aromatic rings. The molecule has 7 nitrogen and oxygen atoms in total. The monoisotopic (exact) mass is 391 g/mol. The summed E-state index contributed by atoms with van der Waals surface area (Å²) in [4.78, 5) is 27.1. The molecule has 1 aromatic carbocycles. The largest absolute Gasteiger partial charge is 0.444 e. The van der Waals surface area contributed by atoms with Gasteiger partial charge in [0.05, 0.1) is 17.8 Å². The molecule has 0 saturated carbocycles. The molecule has 3 N–H and O–H groups in total. The molecule has 156 valence electrons. The number of nitrogens with two attached hydrogens (primary N) is 1. The number of amides is 1. The number of aliphatic imine (C=N–C) groups is 1. The molecule has 7 heteroatoms. The number of nitrogens with zero attached hydrogens (tertiary/aromatic N) is 1. The Morgan fingerprint density at radius 1 is 1.25 bits per heavy atom. The third-order valence-corrected chi connectivity index (χ3v) is 3.23. The van der Waals surface area contributed by atoms with Crippen LogP contribution in [0.15, 0.2) is 47.1 Å². The zero-order valence-electron chi connectivity index (χ0n) is 17.5. The Balaban J connectivity index is 0.00000165. The van der Waals surface area contributed by atoms with Crippen molar-refractivity contribution in [2.75, 3.05) is 26.8 Å². The maximum absolute atomic E-state index is 11.6. The van der Waals surface area contributed by atoms with Crippen molar-refractivity contribution in [3.8, 4) is 0 Å². The molecular formula is C21H33N3O4. The molecule has 0 aliphatic carbocycles. The molecule has 0 aromatic heterocycles. The van der Waals surface area contributed by atoms with Gasteiger partial charge in [0, 0.05) is 32.9 Å². The normalized spacial score (nSPS) is 11.9. The summed E-state index contributed by atoms with van der Waals surface area (Å²) in [6.07, 6.45) is 1.93. The summed E-state index contributed by atoms with van der Waals surface area (Å²) in [5, 5.41) is 2.63. The second-order valence-corrected chi connectivity index (χ2v) is 6.74. The second kappa shape index (κ2) is 14.4. The minimum Gasteiger partial charge on any atom is -0.444 e. The number of methoxy groups -OCH3 is 1. The molecule has 0 aliphatic heterocycles. The fraction of sp³-hybridized carbons (Fsp3) is 0.476. The third-order valence-electron chi connectivity index (χ3n) is 3.23. The maximum Gasteiger partial charge on any atom is 0.407 e. The van der Waals surface area contributed by atoms with Crippen LogP contribution in [0.3, 0.4) is 0 Å². The second-order valence-electron chi connectivity index (χ2n) is 6.74. The van der Waals surface area contributed by atoms with Crippen molar-refractivity contribution in [3.05, 3.63) is 47.7 Å². The zero-order chi connectivity index (χ0) is 21.4. The van der Waals surface area contributed by atoms with E-state index in [-0.39, 0.29) is 0 Å². The van der Waals surface area contributed by atoms with Crippen LogP contribution >= 0.6 is 0 Å². The third kappa shape index (κ3) is 12.6. The number of carbonyl (C=O) groups excluding carboxylic acids is 2. The van der Waals surface area contributed by atoms with E-state index >= 15 is 0 Å². The minimum atomic E-state index is -0.543. The van der Waals surface area contributed by atoms with Gasteiger partial charge in [-0.15, -0.1) is 0 Å². The number of ether oxygens (including phenoxy) is 2. The average molecular weight is 392 g/mol. The molecule has 0 aliphatic rings. The molecule has 0 unspecified atom stereocenters. The standard InChI is InChI=1S/C18H25N3O3.C3H8O/c1-18(2,3)24-17(23)21-10-9-20-16(15(12-19)13-22)11-14-7-5-4-6-8-14;1-3-4-2/h4-8,12-13H,9-11,19H2,1-3H3,(H,21,23);3H2,1-2H3/b15-12-,20-16?;. The number of nitrogens with one attached hydrogen (secondary N) is 1. The van der Waals surface area contributed by atoms with Crippen molar-refractivity contribution in [2.24, 2.45) is 10.7 Å². The number of aldehydes is 1. The van der Waals surface area contributed by atoms with Crippen molar-refractivity contribution < 1.29 is 19.1 Å². The molecular weight excluding hydrogens is 358 g/mol. The highest BCUT2D eigenvalue weighted by molar-refractivity contribution is 6.15. The van der Waals surface area contributed by atoms with Gasteiger partial charge in [0.1, 0.15) is 5.60 Å². The average Bonchev–Trinajstić information content (AvgIpc) is 2.65. The Morgan fingerprint density at radius 3 is 2.32 bits per heavy atom. The highest BCUT2D eigenvalue weighted by Gasteiger charge is 2.15. The molecule has 1 amide bonds. The quantitative estimate of drug-likeness (QED) is 0.307. The molecule has 0 bridgehead atoms. The van der Waals surface area contributed by atoms with Gasteiger partial charge in [0.15, 0.2) is 6.29 Å². The van der Waals surface area contributed by atoms with Gasteiger partial charge in [-0.3, -0.25) is 9.79 Å². The fourth-order valence-electron chi connectivity index (χ4n) is 1.90. The van der Waals surface area contributed by atoms with E-state index in [0.717, 1.165) is 12.2 Å². The molecule has 0 saturated heterocycles. The van der Waals surface area contributed by atoms with Gasteiger partial charge in [-0.2, -0.15) is 0 Å². The van der Waals surface area contributed by atoms with E-state index in [2.05, 4.69) is 15.0 Å². The lowest BCUT2D eigenvalue weighted by atomic mass is 10.0. The lowest BCUT2D eigenvalue weighted by molar-refractivity contribution is -0.104. The van der Waals surface area contributed by atoms with E-state index in [9.17, 15) is 9.59 Å². The fourth-order valence-corrected chi connectivity index (χ4v) is 1.90. The lowest BCUT2D eigenvalue weighted by Gasteiger charge is -2.19. The van der Waals surface area contributed by atoms with E-state index in [1.807, 2.05) is 37.3 Å². The van der Waals surface area contributed by atoms with E-state index in [1.54, 1.807) is 27.9 Å². The van der Waals surface area contributed by atoms with E-state index < -0.39 is 11.7 Å². The van der Waals surface area contributed by atoms with Gasteiger partial charge in [0.25, 0.3) is 0 Å². The molecule has 0 spiro atoms. The summed E-state index contributed by atoms with van der Waals surface area (Å²) < 4.78 is 9.69. The van der Waals surface area contributed by atoms with Gasteiger partial charge in [-0.1, -0.05) is 30.3 Å². The van der Waals surface area contributed by atoms with Gasteiger partial charge in [0.2, 0.25) is 0 Å². The van der Waals surface area contributed by atoms with Crippen LogP contribution in [0.25, 0.3) is 0 Å². The smallest absolute Gasteiger partial charge is 0.407 e. The summed E-state index contributed by atoms with van der Waals surface area (Å²) in [6.45, 7) is 8.80. The van der Waals surface area contributed by atoms with Crippen molar-refractivity contribution in [1.29, 1.82) is 0 Å². The van der Waals surface area contributed by atoms with E-state index in [0.29, 0.717) is 37.1 Å². The topological polar surface area (TPSA) is 103 Å². The Morgan fingerprint density at radius 2 is 1.86 bits per heavy atom. The molecule has 0 atom stereocenters. The number of rotatable bonds is 8.